The molecule has 6 heteroatoms. The van der Waals surface area contributed by atoms with Crippen LogP contribution in [0.2, 0.25) is 0 Å². The largest absolute Gasteiger partial charge is 0.380 e. The van der Waals surface area contributed by atoms with Crippen molar-refractivity contribution in [1.29, 1.82) is 0 Å². The molecule has 0 spiro atoms. The number of methoxy groups -OCH3 is 1. The van der Waals surface area contributed by atoms with Crippen LogP contribution in [0.1, 0.15) is 17.5 Å². The lowest BCUT2D eigenvalue weighted by molar-refractivity contribution is -0.144. The van der Waals surface area contributed by atoms with Gasteiger partial charge in [-0.05, 0) is 36.1 Å². The van der Waals surface area contributed by atoms with Crippen molar-refractivity contribution in [2.24, 2.45) is 0 Å². The van der Waals surface area contributed by atoms with Crippen LogP contribution >= 0.6 is 0 Å². The maximum atomic E-state index is 13.7. The molecule has 2 fully saturated rings. The van der Waals surface area contributed by atoms with E-state index in [0.717, 1.165) is 18.1 Å². The first kappa shape index (κ1) is 19.0. The third-order valence-electron chi connectivity index (χ3n) is 5.81. The van der Waals surface area contributed by atoms with E-state index >= 15 is 0 Å². The maximum absolute atomic E-state index is 13.7. The monoisotopic (exact) mass is 386 g/mol. The highest BCUT2D eigenvalue weighted by Gasteiger charge is 2.45. The second-order valence-electron chi connectivity index (χ2n) is 7.62. The van der Waals surface area contributed by atoms with Crippen LogP contribution in [0.25, 0.3) is 0 Å². The van der Waals surface area contributed by atoms with Gasteiger partial charge < -0.3 is 9.64 Å². The summed E-state index contributed by atoms with van der Waals surface area (Å²) in [4.78, 5) is 17.3. The van der Waals surface area contributed by atoms with Crippen LogP contribution in [-0.4, -0.2) is 54.1 Å². The summed E-state index contributed by atoms with van der Waals surface area (Å²) < 4.78 is 32.5. The highest BCUT2D eigenvalue weighted by atomic mass is 19.2. The molecule has 4 rings (SSSR count). The lowest BCUT2D eigenvalue weighted by Gasteiger charge is -2.43. The van der Waals surface area contributed by atoms with E-state index in [1.807, 2.05) is 35.2 Å². The van der Waals surface area contributed by atoms with Gasteiger partial charge in [-0.1, -0.05) is 36.4 Å². The summed E-state index contributed by atoms with van der Waals surface area (Å²) in [5.74, 6) is -1.63. The molecule has 4 nitrogen and oxygen atoms in total. The molecule has 0 unspecified atom stereocenters. The Morgan fingerprint density at radius 1 is 1.04 bits per heavy atom. The number of amides is 1. The van der Waals surface area contributed by atoms with Gasteiger partial charge in [0.15, 0.2) is 11.6 Å². The van der Waals surface area contributed by atoms with Gasteiger partial charge in [0.2, 0.25) is 5.91 Å². The number of carbonyl (C=O) groups is 1. The summed E-state index contributed by atoms with van der Waals surface area (Å²) in [6.45, 7) is 1.72. The Morgan fingerprint density at radius 3 is 2.54 bits per heavy atom. The number of hydrogen-bond acceptors (Lipinski definition) is 3. The van der Waals surface area contributed by atoms with E-state index in [2.05, 4.69) is 4.90 Å². The predicted octanol–water partition coefficient (Wildman–Crippen LogP) is 3.01. The van der Waals surface area contributed by atoms with Crippen LogP contribution in [0, 0.1) is 11.6 Å². The van der Waals surface area contributed by atoms with Crippen LogP contribution in [0.15, 0.2) is 48.5 Å². The van der Waals surface area contributed by atoms with E-state index < -0.39 is 11.6 Å². The van der Waals surface area contributed by atoms with Crippen LogP contribution < -0.4 is 0 Å². The standard InChI is InChI=1S/C22H24F2N2O2/c1-28-18-11-17-13-25(12-16-7-8-19(23)20(24)9-16)21(22(27)26(17)14-18)10-15-5-3-2-4-6-15/h2-9,17-18,21H,10-14H2,1H3/t17-,18-,21-/m0/s1. The zero-order chi connectivity index (χ0) is 19.7. The molecule has 0 bridgehead atoms. The summed E-state index contributed by atoms with van der Waals surface area (Å²) in [5, 5.41) is 0. The van der Waals surface area contributed by atoms with Crippen molar-refractivity contribution in [2.75, 3.05) is 20.2 Å². The molecule has 2 aliphatic heterocycles. The Balaban J connectivity index is 1.60. The highest BCUT2D eigenvalue weighted by molar-refractivity contribution is 5.84. The van der Waals surface area contributed by atoms with Gasteiger partial charge in [-0.2, -0.15) is 0 Å². The predicted molar refractivity (Wildman–Crippen MR) is 102 cm³/mol. The third kappa shape index (κ3) is 3.80. The fourth-order valence-electron chi connectivity index (χ4n) is 4.33. The molecule has 148 valence electrons. The van der Waals surface area contributed by atoms with Gasteiger partial charge in [0.25, 0.3) is 0 Å². The van der Waals surface area contributed by atoms with Crippen molar-refractivity contribution >= 4 is 5.91 Å². The molecule has 28 heavy (non-hydrogen) atoms. The molecule has 0 saturated carbocycles. The van der Waals surface area contributed by atoms with Crippen LogP contribution in [0.4, 0.5) is 8.78 Å². The SMILES string of the molecule is CO[C@H]1C[C@H]2CN(Cc3ccc(F)c(F)c3)[C@@H](Cc3ccccc3)C(=O)N2C1. The molecule has 3 atom stereocenters. The average molecular weight is 386 g/mol. The number of nitrogens with zero attached hydrogens (tertiary/aromatic N) is 2. The zero-order valence-electron chi connectivity index (χ0n) is 15.9. The Morgan fingerprint density at radius 2 is 1.82 bits per heavy atom. The normalized spacial score (nSPS) is 25.2. The molecule has 0 N–H and O–H groups in total. The zero-order valence-corrected chi connectivity index (χ0v) is 15.9. The molecule has 0 aliphatic carbocycles. The van der Waals surface area contributed by atoms with Gasteiger partial charge in [-0.3, -0.25) is 9.69 Å². The van der Waals surface area contributed by atoms with E-state index in [9.17, 15) is 13.6 Å². The number of halogens is 2. The molecule has 2 aliphatic rings. The molecular weight excluding hydrogens is 362 g/mol. The van der Waals surface area contributed by atoms with E-state index in [4.69, 9.17) is 4.74 Å². The summed E-state index contributed by atoms with van der Waals surface area (Å²) in [6, 6.07) is 13.6. The van der Waals surface area contributed by atoms with Gasteiger partial charge in [0.1, 0.15) is 0 Å². The summed E-state index contributed by atoms with van der Waals surface area (Å²) >= 11 is 0. The Hall–Kier alpha value is -2.31. The van der Waals surface area contributed by atoms with E-state index in [0.29, 0.717) is 31.6 Å². The van der Waals surface area contributed by atoms with Crippen molar-refractivity contribution in [3.05, 3.63) is 71.3 Å². The second kappa shape index (κ2) is 7.97. The molecule has 0 aromatic heterocycles. The summed E-state index contributed by atoms with van der Waals surface area (Å²) in [6.07, 6.45) is 1.44. The van der Waals surface area contributed by atoms with Crippen LogP contribution in [-0.2, 0) is 22.5 Å². The first-order valence-electron chi connectivity index (χ1n) is 9.60. The van der Waals surface area contributed by atoms with Crippen molar-refractivity contribution in [2.45, 2.75) is 37.6 Å². The number of ether oxygens (including phenoxy) is 1. The van der Waals surface area contributed by atoms with Crippen LogP contribution in [0.3, 0.4) is 0 Å². The van der Waals surface area contributed by atoms with Gasteiger partial charge in [-0.15, -0.1) is 0 Å². The Labute approximate surface area is 163 Å². The number of piperazine rings is 1. The fourth-order valence-corrected chi connectivity index (χ4v) is 4.33. The van der Waals surface area contributed by atoms with Gasteiger partial charge in [-0.25, -0.2) is 8.78 Å². The third-order valence-corrected chi connectivity index (χ3v) is 5.81. The number of fused-ring (bicyclic) bond motifs is 1. The average Bonchev–Trinajstić information content (AvgIpc) is 3.12. The number of benzene rings is 2. The maximum Gasteiger partial charge on any atom is 0.240 e. The van der Waals surface area contributed by atoms with E-state index in [1.54, 1.807) is 13.2 Å². The molecule has 2 heterocycles. The van der Waals surface area contributed by atoms with Gasteiger partial charge in [0.05, 0.1) is 12.1 Å². The fraction of sp³-hybridized carbons (Fsp3) is 0.409. The minimum atomic E-state index is -0.859. The van der Waals surface area contributed by atoms with E-state index in [1.165, 1.54) is 6.07 Å². The smallest absolute Gasteiger partial charge is 0.240 e. The van der Waals surface area contributed by atoms with E-state index in [-0.39, 0.29) is 24.1 Å². The van der Waals surface area contributed by atoms with Crippen molar-refractivity contribution < 1.29 is 18.3 Å². The molecule has 1 amide bonds. The Bertz CT molecular complexity index is 846. The minimum Gasteiger partial charge on any atom is -0.380 e. The molecule has 2 aromatic rings. The lowest BCUT2D eigenvalue weighted by Crippen LogP contribution is -2.59. The molecule has 2 saturated heterocycles. The Kier molecular flexibility index (Phi) is 5.42. The first-order valence-corrected chi connectivity index (χ1v) is 9.60. The lowest BCUT2D eigenvalue weighted by atomic mass is 9.98. The van der Waals surface area contributed by atoms with Crippen molar-refractivity contribution in [1.82, 2.24) is 9.80 Å². The molecule has 2 aromatic carbocycles. The topological polar surface area (TPSA) is 32.8 Å². The molecular formula is C22H24F2N2O2. The summed E-state index contributed by atoms with van der Waals surface area (Å²) in [7, 11) is 1.67. The summed E-state index contributed by atoms with van der Waals surface area (Å²) in [5.41, 5.74) is 1.75. The number of hydrogen-bond donors (Lipinski definition) is 0. The number of carbonyl (C=O) groups excluding carboxylic acids is 1. The second-order valence-corrected chi connectivity index (χ2v) is 7.62. The molecule has 0 radical (unpaired) electrons. The van der Waals surface area contributed by atoms with Crippen molar-refractivity contribution in [3.63, 3.8) is 0 Å². The number of rotatable bonds is 5. The quantitative estimate of drug-likeness (QED) is 0.792. The van der Waals surface area contributed by atoms with Gasteiger partial charge >= 0.3 is 0 Å². The highest BCUT2D eigenvalue weighted by Crippen LogP contribution is 2.30. The van der Waals surface area contributed by atoms with Gasteiger partial charge in [0, 0.05) is 32.8 Å². The minimum absolute atomic E-state index is 0.0505. The van der Waals surface area contributed by atoms with Crippen LogP contribution in [0.5, 0.6) is 0 Å². The first-order chi connectivity index (χ1) is 13.5. The van der Waals surface area contributed by atoms with Crippen molar-refractivity contribution in [3.8, 4) is 0 Å².